The van der Waals surface area contributed by atoms with Crippen LogP contribution in [0.15, 0.2) is 4.52 Å². The van der Waals surface area contributed by atoms with E-state index in [1.54, 1.807) is 7.11 Å². The number of hydrogen-bond acceptors (Lipinski definition) is 6. The number of hydrogen-bond donors (Lipinski definition) is 1. The Morgan fingerprint density at radius 1 is 1.17 bits per heavy atom. The lowest BCUT2D eigenvalue weighted by atomic mass is 9.67. The van der Waals surface area contributed by atoms with Gasteiger partial charge in [0.25, 0.3) is 0 Å². The van der Waals surface area contributed by atoms with Crippen molar-refractivity contribution < 1.29 is 14.0 Å². The molecule has 4 rings (SSSR count). The van der Waals surface area contributed by atoms with E-state index in [9.17, 15) is 0 Å². The van der Waals surface area contributed by atoms with Crippen LogP contribution in [0.3, 0.4) is 0 Å². The molecule has 1 spiro atoms. The SMILES string of the molecule is COCC1(c2noc(C3CNCC34CCCCC4)n2)CCOCC1. The van der Waals surface area contributed by atoms with Crippen molar-refractivity contribution in [1.82, 2.24) is 15.5 Å². The minimum absolute atomic E-state index is 0.152. The Morgan fingerprint density at radius 2 is 1.96 bits per heavy atom. The minimum atomic E-state index is -0.152. The van der Waals surface area contributed by atoms with E-state index < -0.39 is 0 Å². The summed E-state index contributed by atoms with van der Waals surface area (Å²) in [5, 5.41) is 7.99. The van der Waals surface area contributed by atoms with Crippen molar-refractivity contribution in [1.29, 1.82) is 0 Å². The molecule has 0 radical (unpaired) electrons. The second-order valence-corrected chi connectivity index (χ2v) is 7.89. The molecule has 1 aliphatic carbocycles. The van der Waals surface area contributed by atoms with Gasteiger partial charge in [-0.2, -0.15) is 4.98 Å². The summed E-state index contributed by atoms with van der Waals surface area (Å²) in [4.78, 5) is 4.90. The van der Waals surface area contributed by atoms with Gasteiger partial charge in [0.15, 0.2) is 5.82 Å². The monoisotopic (exact) mass is 335 g/mol. The van der Waals surface area contributed by atoms with Gasteiger partial charge in [-0.25, -0.2) is 0 Å². The second-order valence-electron chi connectivity index (χ2n) is 7.89. The summed E-state index contributed by atoms with van der Waals surface area (Å²) in [6.45, 7) is 4.15. The molecule has 0 amide bonds. The summed E-state index contributed by atoms with van der Waals surface area (Å²) in [7, 11) is 1.75. The van der Waals surface area contributed by atoms with Gasteiger partial charge in [0.1, 0.15) is 0 Å². The predicted octanol–water partition coefficient (Wildman–Crippen LogP) is 2.40. The first-order chi connectivity index (χ1) is 11.8. The van der Waals surface area contributed by atoms with Crippen molar-refractivity contribution in [2.45, 2.75) is 56.3 Å². The number of rotatable bonds is 4. The zero-order chi connectivity index (χ0) is 16.5. The Morgan fingerprint density at radius 3 is 2.71 bits per heavy atom. The van der Waals surface area contributed by atoms with E-state index in [-0.39, 0.29) is 5.41 Å². The quantitative estimate of drug-likeness (QED) is 0.911. The van der Waals surface area contributed by atoms with E-state index in [1.807, 2.05) is 0 Å². The third kappa shape index (κ3) is 2.78. The van der Waals surface area contributed by atoms with Crippen LogP contribution in [0.1, 0.15) is 62.6 Å². The summed E-state index contributed by atoms with van der Waals surface area (Å²) in [6.07, 6.45) is 8.36. The third-order valence-electron chi connectivity index (χ3n) is 6.50. The standard InChI is InChI=1S/C18H29N3O3/c1-22-13-18(7-9-23-10-8-18)16-20-15(24-21-16)14-11-19-12-17(14)5-3-2-4-6-17/h14,19H,2-13H2,1H3. The van der Waals surface area contributed by atoms with E-state index in [2.05, 4.69) is 10.5 Å². The lowest BCUT2D eigenvalue weighted by Crippen LogP contribution is -2.39. The molecule has 3 heterocycles. The first kappa shape index (κ1) is 16.5. The van der Waals surface area contributed by atoms with Gasteiger partial charge in [-0.05, 0) is 31.1 Å². The van der Waals surface area contributed by atoms with Crippen LogP contribution >= 0.6 is 0 Å². The number of nitrogens with zero attached hydrogens (tertiary/aromatic N) is 2. The number of methoxy groups -OCH3 is 1. The summed E-state index contributed by atoms with van der Waals surface area (Å²) < 4.78 is 16.8. The van der Waals surface area contributed by atoms with E-state index in [0.717, 1.165) is 50.9 Å². The van der Waals surface area contributed by atoms with Crippen LogP contribution in [-0.2, 0) is 14.9 Å². The Balaban J connectivity index is 1.59. The average molecular weight is 335 g/mol. The topological polar surface area (TPSA) is 69.4 Å². The molecule has 6 heteroatoms. The highest BCUT2D eigenvalue weighted by atomic mass is 16.5. The van der Waals surface area contributed by atoms with Crippen molar-refractivity contribution in [3.8, 4) is 0 Å². The lowest BCUT2D eigenvalue weighted by Gasteiger charge is -2.36. The van der Waals surface area contributed by atoms with Crippen LogP contribution in [0, 0.1) is 5.41 Å². The molecule has 2 saturated heterocycles. The van der Waals surface area contributed by atoms with Gasteiger partial charge in [-0.15, -0.1) is 0 Å². The molecule has 1 aromatic heterocycles. The molecular formula is C18H29N3O3. The molecule has 134 valence electrons. The summed E-state index contributed by atoms with van der Waals surface area (Å²) in [6, 6.07) is 0. The maximum Gasteiger partial charge on any atom is 0.231 e. The fourth-order valence-corrected chi connectivity index (χ4v) is 5.00. The zero-order valence-electron chi connectivity index (χ0n) is 14.7. The highest BCUT2D eigenvalue weighted by molar-refractivity contribution is 5.14. The zero-order valence-corrected chi connectivity index (χ0v) is 14.7. The van der Waals surface area contributed by atoms with Gasteiger partial charge in [0.05, 0.1) is 17.9 Å². The normalized spacial score (nSPS) is 29.1. The molecule has 1 saturated carbocycles. The Bertz CT molecular complexity index is 542. The predicted molar refractivity (Wildman–Crippen MR) is 89.0 cm³/mol. The fraction of sp³-hybridized carbons (Fsp3) is 0.889. The van der Waals surface area contributed by atoms with Crippen LogP contribution in [0.2, 0.25) is 0 Å². The molecule has 3 fully saturated rings. The summed E-state index contributed by atoms with van der Waals surface area (Å²) in [5.41, 5.74) is 0.173. The number of aromatic nitrogens is 2. The van der Waals surface area contributed by atoms with Crippen molar-refractivity contribution >= 4 is 0 Å². The van der Waals surface area contributed by atoms with E-state index in [4.69, 9.17) is 19.0 Å². The van der Waals surface area contributed by atoms with E-state index in [1.165, 1.54) is 32.1 Å². The fourth-order valence-electron chi connectivity index (χ4n) is 5.00. The van der Waals surface area contributed by atoms with Crippen LogP contribution in [0.5, 0.6) is 0 Å². The van der Waals surface area contributed by atoms with E-state index in [0.29, 0.717) is 17.9 Å². The smallest absolute Gasteiger partial charge is 0.231 e. The highest BCUT2D eigenvalue weighted by Crippen LogP contribution is 2.49. The van der Waals surface area contributed by atoms with Crippen molar-refractivity contribution in [3.63, 3.8) is 0 Å². The third-order valence-corrected chi connectivity index (χ3v) is 6.50. The number of ether oxygens (including phenoxy) is 2. The first-order valence-electron chi connectivity index (χ1n) is 9.40. The Labute approximate surface area is 143 Å². The summed E-state index contributed by atoms with van der Waals surface area (Å²) in [5.74, 6) is 2.01. The van der Waals surface area contributed by atoms with Crippen LogP contribution < -0.4 is 5.32 Å². The maximum absolute atomic E-state index is 5.80. The summed E-state index contributed by atoms with van der Waals surface area (Å²) >= 11 is 0. The van der Waals surface area contributed by atoms with Gasteiger partial charge in [0, 0.05) is 33.4 Å². The van der Waals surface area contributed by atoms with Crippen molar-refractivity contribution in [3.05, 3.63) is 11.7 Å². The molecule has 0 bridgehead atoms. The van der Waals surface area contributed by atoms with Gasteiger partial charge >= 0.3 is 0 Å². The Kier molecular flexibility index (Phi) is 4.62. The molecular weight excluding hydrogens is 306 g/mol. The molecule has 1 aromatic rings. The Hall–Kier alpha value is -0.980. The molecule has 1 atom stereocenters. The molecule has 1 unspecified atom stereocenters. The lowest BCUT2D eigenvalue weighted by molar-refractivity contribution is 0.00915. The van der Waals surface area contributed by atoms with Gasteiger partial charge in [-0.1, -0.05) is 24.4 Å². The highest BCUT2D eigenvalue weighted by Gasteiger charge is 2.48. The second kappa shape index (κ2) is 6.73. The van der Waals surface area contributed by atoms with Gasteiger partial charge in [-0.3, -0.25) is 0 Å². The van der Waals surface area contributed by atoms with Gasteiger partial charge in [0.2, 0.25) is 5.89 Å². The molecule has 2 aliphatic heterocycles. The van der Waals surface area contributed by atoms with E-state index >= 15 is 0 Å². The van der Waals surface area contributed by atoms with Crippen LogP contribution in [0.25, 0.3) is 0 Å². The average Bonchev–Trinajstić information content (AvgIpc) is 3.24. The van der Waals surface area contributed by atoms with Crippen molar-refractivity contribution in [2.24, 2.45) is 5.41 Å². The molecule has 1 N–H and O–H groups in total. The van der Waals surface area contributed by atoms with Crippen LogP contribution in [0.4, 0.5) is 0 Å². The van der Waals surface area contributed by atoms with Crippen LogP contribution in [-0.4, -0.2) is 50.2 Å². The molecule has 24 heavy (non-hydrogen) atoms. The van der Waals surface area contributed by atoms with Gasteiger partial charge < -0.3 is 19.3 Å². The molecule has 3 aliphatic rings. The first-order valence-corrected chi connectivity index (χ1v) is 9.40. The maximum atomic E-state index is 5.80. The number of nitrogens with one attached hydrogen (secondary N) is 1. The largest absolute Gasteiger partial charge is 0.384 e. The molecule has 0 aromatic carbocycles. The van der Waals surface area contributed by atoms with Crippen molar-refractivity contribution in [2.75, 3.05) is 40.0 Å². The minimum Gasteiger partial charge on any atom is -0.384 e. The molecule has 6 nitrogen and oxygen atoms in total.